The van der Waals surface area contributed by atoms with Crippen molar-refractivity contribution in [2.45, 2.75) is 19.3 Å². The summed E-state index contributed by atoms with van der Waals surface area (Å²) < 4.78 is 15.8. The van der Waals surface area contributed by atoms with E-state index in [-0.39, 0.29) is 17.9 Å². The summed E-state index contributed by atoms with van der Waals surface area (Å²) in [5.41, 5.74) is 1.22. The molecule has 1 aromatic carbocycles. The second kappa shape index (κ2) is 5.80. The number of rotatable bonds is 6. The van der Waals surface area contributed by atoms with E-state index >= 15 is 0 Å². The van der Waals surface area contributed by atoms with Gasteiger partial charge in [-0.15, -0.1) is 0 Å². The second-order valence-corrected chi connectivity index (χ2v) is 5.53. The molecule has 1 N–H and O–H groups in total. The van der Waals surface area contributed by atoms with Gasteiger partial charge in [0, 0.05) is 24.0 Å². The molecule has 0 saturated carbocycles. The standard InChI is InChI=1S/C15H22O4/c1-15(9-19-10-15)7-12(8-16)11-4-13(17-2)6-14(5-11)18-3/h4-6,12,16H,7-10H2,1-3H3. The summed E-state index contributed by atoms with van der Waals surface area (Å²) in [5.74, 6) is 1.59. The van der Waals surface area contributed by atoms with E-state index in [1.807, 2.05) is 18.2 Å². The molecular formula is C15H22O4. The van der Waals surface area contributed by atoms with Crippen LogP contribution in [0.2, 0.25) is 0 Å². The highest BCUT2D eigenvalue weighted by Crippen LogP contribution is 2.39. The number of hydrogen-bond donors (Lipinski definition) is 1. The van der Waals surface area contributed by atoms with Gasteiger partial charge in [-0.05, 0) is 24.1 Å². The monoisotopic (exact) mass is 266 g/mol. The first-order chi connectivity index (χ1) is 9.10. The van der Waals surface area contributed by atoms with Gasteiger partial charge in [0.15, 0.2) is 0 Å². The first-order valence-electron chi connectivity index (χ1n) is 6.52. The fourth-order valence-electron chi connectivity index (χ4n) is 2.52. The summed E-state index contributed by atoms with van der Waals surface area (Å²) in [7, 11) is 3.27. The van der Waals surface area contributed by atoms with Gasteiger partial charge in [0.25, 0.3) is 0 Å². The number of aliphatic hydroxyl groups excluding tert-OH is 1. The van der Waals surface area contributed by atoms with Crippen molar-refractivity contribution < 1.29 is 19.3 Å². The molecule has 1 atom stereocenters. The Hall–Kier alpha value is -1.26. The van der Waals surface area contributed by atoms with E-state index in [2.05, 4.69) is 6.92 Å². The first-order valence-corrected chi connectivity index (χ1v) is 6.52. The SMILES string of the molecule is COc1cc(OC)cc(C(CO)CC2(C)COC2)c1. The number of hydrogen-bond acceptors (Lipinski definition) is 4. The summed E-state index contributed by atoms with van der Waals surface area (Å²) in [6.07, 6.45) is 0.903. The second-order valence-electron chi connectivity index (χ2n) is 5.53. The van der Waals surface area contributed by atoms with Crippen LogP contribution in [0.3, 0.4) is 0 Å². The Morgan fingerprint density at radius 2 is 1.79 bits per heavy atom. The zero-order valence-corrected chi connectivity index (χ0v) is 11.8. The fraction of sp³-hybridized carbons (Fsp3) is 0.600. The highest BCUT2D eigenvalue weighted by atomic mass is 16.5. The molecule has 1 aliphatic rings. The quantitative estimate of drug-likeness (QED) is 0.857. The highest BCUT2D eigenvalue weighted by molar-refractivity contribution is 5.40. The normalized spacial score (nSPS) is 18.5. The molecule has 106 valence electrons. The Bertz CT molecular complexity index is 404. The molecule has 0 amide bonds. The molecule has 1 aromatic rings. The van der Waals surface area contributed by atoms with Gasteiger partial charge < -0.3 is 19.3 Å². The average Bonchev–Trinajstić information content (AvgIpc) is 2.42. The van der Waals surface area contributed by atoms with Crippen LogP contribution in [0.5, 0.6) is 11.5 Å². The van der Waals surface area contributed by atoms with Gasteiger partial charge in [0.2, 0.25) is 0 Å². The fourth-order valence-corrected chi connectivity index (χ4v) is 2.52. The van der Waals surface area contributed by atoms with E-state index in [1.54, 1.807) is 14.2 Å². The van der Waals surface area contributed by atoms with Crippen LogP contribution in [0.15, 0.2) is 18.2 Å². The maximum atomic E-state index is 9.67. The molecule has 1 saturated heterocycles. The molecule has 1 aliphatic heterocycles. The minimum Gasteiger partial charge on any atom is -0.497 e. The summed E-state index contributed by atoms with van der Waals surface area (Å²) in [5, 5.41) is 9.67. The number of aliphatic hydroxyl groups is 1. The van der Waals surface area contributed by atoms with Gasteiger partial charge in [-0.25, -0.2) is 0 Å². The van der Waals surface area contributed by atoms with Crippen molar-refractivity contribution >= 4 is 0 Å². The Morgan fingerprint density at radius 3 is 2.16 bits per heavy atom. The molecule has 0 radical (unpaired) electrons. The number of benzene rings is 1. The maximum Gasteiger partial charge on any atom is 0.122 e. The molecule has 0 aromatic heterocycles. The molecule has 1 unspecified atom stereocenters. The Labute approximate surface area is 114 Å². The van der Waals surface area contributed by atoms with E-state index in [1.165, 1.54) is 0 Å². The van der Waals surface area contributed by atoms with Crippen LogP contribution in [0, 0.1) is 5.41 Å². The van der Waals surface area contributed by atoms with Crippen molar-refractivity contribution in [3.63, 3.8) is 0 Å². The molecule has 1 fully saturated rings. The number of methoxy groups -OCH3 is 2. The van der Waals surface area contributed by atoms with Gasteiger partial charge in [0.05, 0.1) is 27.4 Å². The van der Waals surface area contributed by atoms with Gasteiger partial charge in [-0.2, -0.15) is 0 Å². The van der Waals surface area contributed by atoms with Crippen LogP contribution in [0.4, 0.5) is 0 Å². The summed E-state index contributed by atoms with van der Waals surface area (Å²) in [6.45, 7) is 3.84. The van der Waals surface area contributed by atoms with E-state index in [4.69, 9.17) is 14.2 Å². The van der Waals surface area contributed by atoms with Crippen molar-refractivity contribution in [1.82, 2.24) is 0 Å². The maximum absolute atomic E-state index is 9.67. The molecule has 0 spiro atoms. The molecule has 2 rings (SSSR count). The van der Waals surface area contributed by atoms with Crippen LogP contribution in [-0.2, 0) is 4.74 Å². The van der Waals surface area contributed by atoms with Crippen LogP contribution in [-0.4, -0.2) is 39.1 Å². The minimum absolute atomic E-state index is 0.0814. The summed E-state index contributed by atoms with van der Waals surface area (Å²) >= 11 is 0. The lowest BCUT2D eigenvalue weighted by Gasteiger charge is -2.40. The molecule has 0 bridgehead atoms. The smallest absolute Gasteiger partial charge is 0.122 e. The van der Waals surface area contributed by atoms with E-state index in [0.29, 0.717) is 0 Å². The van der Waals surface area contributed by atoms with Crippen LogP contribution < -0.4 is 9.47 Å². The molecule has 4 nitrogen and oxygen atoms in total. The summed E-state index contributed by atoms with van der Waals surface area (Å²) in [4.78, 5) is 0. The Balaban J connectivity index is 2.21. The lowest BCUT2D eigenvalue weighted by molar-refractivity contribution is -0.110. The van der Waals surface area contributed by atoms with Crippen molar-refractivity contribution in [3.8, 4) is 11.5 Å². The van der Waals surface area contributed by atoms with E-state index in [0.717, 1.165) is 36.7 Å². The van der Waals surface area contributed by atoms with E-state index in [9.17, 15) is 5.11 Å². The lowest BCUT2D eigenvalue weighted by Crippen LogP contribution is -2.41. The Morgan fingerprint density at radius 1 is 1.21 bits per heavy atom. The van der Waals surface area contributed by atoms with Crippen molar-refractivity contribution in [3.05, 3.63) is 23.8 Å². The Kier molecular flexibility index (Phi) is 4.32. The predicted molar refractivity (Wildman–Crippen MR) is 72.9 cm³/mol. The van der Waals surface area contributed by atoms with E-state index < -0.39 is 0 Å². The molecular weight excluding hydrogens is 244 g/mol. The molecule has 1 heterocycles. The number of ether oxygens (including phenoxy) is 3. The topological polar surface area (TPSA) is 47.9 Å². The third kappa shape index (κ3) is 3.19. The van der Waals surface area contributed by atoms with Crippen LogP contribution in [0.25, 0.3) is 0 Å². The molecule has 0 aliphatic carbocycles. The first kappa shape index (κ1) is 14.2. The third-order valence-electron chi connectivity index (χ3n) is 3.71. The van der Waals surface area contributed by atoms with Gasteiger partial charge in [0.1, 0.15) is 11.5 Å². The molecule has 4 heteroatoms. The van der Waals surface area contributed by atoms with Gasteiger partial charge >= 0.3 is 0 Å². The van der Waals surface area contributed by atoms with Crippen LogP contribution in [0.1, 0.15) is 24.8 Å². The third-order valence-corrected chi connectivity index (χ3v) is 3.71. The van der Waals surface area contributed by atoms with Crippen molar-refractivity contribution in [1.29, 1.82) is 0 Å². The lowest BCUT2D eigenvalue weighted by atomic mass is 9.77. The van der Waals surface area contributed by atoms with Crippen LogP contribution >= 0.6 is 0 Å². The predicted octanol–water partition coefficient (Wildman–Crippen LogP) is 2.21. The van der Waals surface area contributed by atoms with Gasteiger partial charge in [-0.1, -0.05) is 6.92 Å². The average molecular weight is 266 g/mol. The summed E-state index contributed by atoms with van der Waals surface area (Å²) in [6, 6.07) is 5.77. The zero-order valence-electron chi connectivity index (χ0n) is 11.8. The highest BCUT2D eigenvalue weighted by Gasteiger charge is 2.36. The van der Waals surface area contributed by atoms with Crippen molar-refractivity contribution in [2.24, 2.45) is 5.41 Å². The van der Waals surface area contributed by atoms with Gasteiger partial charge in [-0.3, -0.25) is 0 Å². The minimum atomic E-state index is 0.0814. The zero-order chi connectivity index (χ0) is 13.9. The molecule has 19 heavy (non-hydrogen) atoms. The largest absolute Gasteiger partial charge is 0.497 e. The van der Waals surface area contributed by atoms with Crippen molar-refractivity contribution in [2.75, 3.05) is 34.0 Å².